The Hall–Kier alpha value is -1.63. The number of carbonyl (C=O) groups is 2. The van der Waals surface area contributed by atoms with Gasteiger partial charge in [-0.3, -0.25) is 19.4 Å². The van der Waals surface area contributed by atoms with E-state index >= 15 is 0 Å². The standard InChI is InChI=1S/C16H22ClN3O3/c1-2-13(16(22)23)19-7-9-20(10-8-19)14(15(18)21)11-3-5-12(17)6-4-11/h3-6,13-14H,2,7-10H2,1H3,(H2,18,21)(H,22,23). The van der Waals surface area contributed by atoms with Gasteiger partial charge in [-0.2, -0.15) is 0 Å². The molecule has 2 rings (SSSR count). The van der Waals surface area contributed by atoms with Gasteiger partial charge < -0.3 is 10.8 Å². The minimum atomic E-state index is -0.801. The van der Waals surface area contributed by atoms with E-state index in [4.69, 9.17) is 17.3 Å². The van der Waals surface area contributed by atoms with Crippen LogP contribution < -0.4 is 5.73 Å². The number of hydrogen-bond donors (Lipinski definition) is 2. The number of benzene rings is 1. The lowest BCUT2D eigenvalue weighted by Crippen LogP contribution is -2.54. The third-order valence-corrected chi connectivity index (χ3v) is 4.53. The van der Waals surface area contributed by atoms with E-state index in [0.29, 0.717) is 37.6 Å². The molecule has 0 bridgehead atoms. The summed E-state index contributed by atoms with van der Waals surface area (Å²) in [6.45, 7) is 4.26. The molecule has 6 nitrogen and oxygen atoms in total. The van der Waals surface area contributed by atoms with Crippen molar-refractivity contribution in [1.82, 2.24) is 9.80 Å². The Labute approximate surface area is 140 Å². The number of amides is 1. The van der Waals surface area contributed by atoms with Crippen LogP contribution in [0.2, 0.25) is 5.02 Å². The zero-order chi connectivity index (χ0) is 17.0. The highest BCUT2D eigenvalue weighted by Crippen LogP contribution is 2.24. The predicted octanol–water partition coefficient (Wildman–Crippen LogP) is 1.35. The van der Waals surface area contributed by atoms with Crippen LogP contribution in [0, 0.1) is 0 Å². The largest absolute Gasteiger partial charge is 0.480 e. The van der Waals surface area contributed by atoms with Crippen molar-refractivity contribution in [1.29, 1.82) is 0 Å². The first kappa shape index (κ1) is 17.7. The number of halogens is 1. The van der Waals surface area contributed by atoms with Crippen molar-refractivity contribution in [2.75, 3.05) is 26.2 Å². The van der Waals surface area contributed by atoms with Gasteiger partial charge in [0.15, 0.2) is 0 Å². The van der Waals surface area contributed by atoms with E-state index in [-0.39, 0.29) is 0 Å². The summed E-state index contributed by atoms with van der Waals surface area (Å²) in [6, 6.07) is 6.09. The molecule has 1 aromatic carbocycles. The zero-order valence-corrected chi connectivity index (χ0v) is 13.9. The Morgan fingerprint density at radius 1 is 1.17 bits per heavy atom. The van der Waals surface area contributed by atoms with E-state index in [0.717, 1.165) is 5.56 Å². The summed E-state index contributed by atoms with van der Waals surface area (Å²) in [5.41, 5.74) is 6.39. The number of piperazine rings is 1. The van der Waals surface area contributed by atoms with Gasteiger partial charge in [0.05, 0.1) is 0 Å². The molecule has 1 aliphatic heterocycles. The molecule has 3 N–H and O–H groups in total. The van der Waals surface area contributed by atoms with Gasteiger partial charge in [0.25, 0.3) is 0 Å². The zero-order valence-electron chi connectivity index (χ0n) is 13.1. The lowest BCUT2D eigenvalue weighted by Gasteiger charge is -2.40. The van der Waals surface area contributed by atoms with E-state index in [1.807, 2.05) is 16.7 Å². The molecule has 1 saturated heterocycles. The molecule has 0 spiro atoms. The van der Waals surface area contributed by atoms with Crippen molar-refractivity contribution in [3.8, 4) is 0 Å². The molecule has 1 heterocycles. The van der Waals surface area contributed by atoms with E-state index in [1.54, 1.807) is 24.3 Å². The molecule has 2 atom stereocenters. The second-order valence-corrected chi connectivity index (χ2v) is 6.13. The monoisotopic (exact) mass is 339 g/mol. The normalized spacial score (nSPS) is 19.2. The molecule has 0 aromatic heterocycles. The van der Waals surface area contributed by atoms with E-state index in [9.17, 15) is 14.7 Å². The second kappa shape index (κ2) is 7.77. The SMILES string of the molecule is CCC(C(=O)O)N1CCN(C(C(N)=O)c2ccc(Cl)cc2)CC1. The quantitative estimate of drug-likeness (QED) is 0.817. The van der Waals surface area contributed by atoms with Gasteiger partial charge in [-0.15, -0.1) is 0 Å². The molecule has 7 heteroatoms. The summed E-state index contributed by atoms with van der Waals surface area (Å²) in [5.74, 6) is -1.21. The number of hydrogen-bond acceptors (Lipinski definition) is 4. The number of carboxylic acids is 1. The average molecular weight is 340 g/mol. The van der Waals surface area contributed by atoms with Crippen LogP contribution in [-0.2, 0) is 9.59 Å². The average Bonchev–Trinajstić information content (AvgIpc) is 2.51. The fourth-order valence-corrected chi connectivity index (χ4v) is 3.22. The van der Waals surface area contributed by atoms with Crippen LogP contribution in [0.3, 0.4) is 0 Å². The summed E-state index contributed by atoms with van der Waals surface area (Å²) in [6.07, 6.45) is 0.561. The lowest BCUT2D eigenvalue weighted by atomic mass is 10.0. The number of carbonyl (C=O) groups excluding carboxylic acids is 1. The molecule has 23 heavy (non-hydrogen) atoms. The minimum absolute atomic E-state index is 0.411. The fourth-order valence-electron chi connectivity index (χ4n) is 3.10. The maximum Gasteiger partial charge on any atom is 0.320 e. The van der Waals surface area contributed by atoms with Crippen LogP contribution in [0.1, 0.15) is 24.9 Å². The molecular weight excluding hydrogens is 318 g/mol. The highest BCUT2D eigenvalue weighted by Gasteiger charge is 2.32. The Morgan fingerprint density at radius 3 is 2.13 bits per heavy atom. The third-order valence-electron chi connectivity index (χ3n) is 4.28. The second-order valence-electron chi connectivity index (χ2n) is 5.69. The lowest BCUT2D eigenvalue weighted by molar-refractivity contribution is -0.144. The van der Waals surface area contributed by atoms with Crippen molar-refractivity contribution < 1.29 is 14.7 Å². The van der Waals surface area contributed by atoms with Gasteiger partial charge in [-0.05, 0) is 24.1 Å². The number of nitrogens with zero attached hydrogens (tertiary/aromatic N) is 2. The van der Waals surface area contributed by atoms with Crippen molar-refractivity contribution in [3.63, 3.8) is 0 Å². The van der Waals surface area contributed by atoms with Crippen LogP contribution in [0.25, 0.3) is 0 Å². The van der Waals surface area contributed by atoms with Gasteiger partial charge in [0.1, 0.15) is 12.1 Å². The van der Waals surface area contributed by atoms with Gasteiger partial charge in [-0.1, -0.05) is 30.7 Å². The molecule has 2 unspecified atom stereocenters. The predicted molar refractivity (Wildman–Crippen MR) is 88.2 cm³/mol. The summed E-state index contributed by atoms with van der Waals surface area (Å²) in [5, 5.41) is 9.86. The highest BCUT2D eigenvalue weighted by atomic mass is 35.5. The van der Waals surface area contributed by atoms with Crippen molar-refractivity contribution in [2.45, 2.75) is 25.4 Å². The van der Waals surface area contributed by atoms with Gasteiger partial charge in [-0.25, -0.2) is 0 Å². The first-order valence-corrected chi connectivity index (χ1v) is 8.07. The molecule has 1 aliphatic rings. The van der Waals surface area contributed by atoms with Crippen LogP contribution in [0.4, 0.5) is 0 Å². The topological polar surface area (TPSA) is 86.9 Å². The van der Waals surface area contributed by atoms with Crippen LogP contribution in [0.5, 0.6) is 0 Å². The van der Waals surface area contributed by atoms with Gasteiger partial charge in [0, 0.05) is 31.2 Å². The molecule has 1 fully saturated rings. The van der Waals surface area contributed by atoms with Crippen LogP contribution in [-0.4, -0.2) is 59.0 Å². The van der Waals surface area contributed by atoms with E-state index < -0.39 is 24.0 Å². The van der Waals surface area contributed by atoms with E-state index in [2.05, 4.69) is 0 Å². The summed E-state index contributed by atoms with van der Waals surface area (Å²) in [4.78, 5) is 27.1. The molecule has 0 radical (unpaired) electrons. The Kier molecular flexibility index (Phi) is 5.98. The molecular formula is C16H22ClN3O3. The molecule has 0 aliphatic carbocycles. The van der Waals surface area contributed by atoms with Crippen molar-refractivity contribution in [3.05, 3.63) is 34.9 Å². The molecule has 126 valence electrons. The fraction of sp³-hybridized carbons (Fsp3) is 0.500. The highest BCUT2D eigenvalue weighted by molar-refractivity contribution is 6.30. The summed E-state index contributed by atoms with van der Waals surface area (Å²) >= 11 is 5.89. The minimum Gasteiger partial charge on any atom is -0.480 e. The summed E-state index contributed by atoms with van der Waals surface area (Å²) in [7, 11) is 0. The van der Waals surface area contributed by atoms with Crippen LogP contribution >= 0.6 is 11.6 Å². The summed E-state index contributed by atoms with van der Waals surface area (Å²) < 4.78 is 0. The third kappa shape index (κ3) is 4.22. The smallest absolute Gasteiger partial charge is 0.320 e. The first-order valence-electron chi connectivity index (χ1n) is 7.69. The number of rotatable bonds is 6. The Bertz CT molecular complexity index is 556. The van der Waals surface area contributed by atoms with Gasteiger partial charge in [0.2, 0.25) is 5.91 Å². The molecule has 0 saturated carbocycles. The number of nitrogens with two attached hydrogens (primary N) is 1. The maximum absolute atomic E-state index is 11.9. The van der Waals surface area contributed by atoms with Gasteiger partial charge >= 0.3 is 5.97 Å². The molecule has 1 aromatic rings. The number of carboxylic acid groups (broad SMARTS) is 1. The maximum atomic E-state index is 11.9. The van der Waals surface area contributed by atoms with Crippen LogP contribution in [0.15, 0.2) is 24.3 Å². The van der Waals surface area contributed by atoms with Crippen molar-refractivity contribution in [2.24, 2.45) is 5.73 Å². The first-order chi connectivity index (χ1) is 10.9. The number of aliphatic carboxylic acids is 1. The van der Waals surface area contributed by atoms with E-state index in [1.165, 1.54) is 0 Å². The molecule has 1 amide bonds. The Morgan fingerprint density at radius 2 is 1.70 bits per heavy atom. The Balaban J connectivity index is 2.08. The van der Waals surface area contributed by atoms with Crippen molar-refractivity contribution >= 4 is 23.5 Å². The number of primary amides is 1.